The zero-order chi connectivity index (χ0) is 22.8. The molecule has 0 saturated heterocycles. The summed E-state index contributed by atoms with van der Waals surface area (Å²) in [6.07, 6.45) is -0.0464. The average molecular weight is 436 g/mol. The first-order valence-corrected chi connectivity index (χ1v) is 9.38. The van der Waals surface area contributed by atoms with Crippen LogP contribution in [0.4, 0.5) is 4.39 Å². The molecule has 1 aromatic carbocycles. The fourth-order valence-corrected chi connectivity index (χ4v) is 2.68. The standard InChI is InChI=1S/C20H25FN4O6/c1-13(19-22-24-25(23-19)12-31-10-9-30-2)3-8-16(26)11-17(27)18(20(28)29)14-4-6-15(21)7-5-14/h3-8,16-18,26-27H,1,9-12H2,2H3,(H,28,29). The second-order valence-corrected chi connectivity index (χ2v) is 6.64. The van der Waals surface area contributed by atoms with Crippen LogP contribution in [0.5, 0.6) is 0 Å². The SMILES string of the molecule is C=C(C=CC(O)CC(O)C(C(=O)O)c1ccc(F)cc1)c1nnn(COCCOC)n1. The molecule has 3 atom stereocenters. The summed E-state index contributed by atoms with van der Waals surface area (Å²) in [7, 11) is 1.56. The van der Waals surface area contributed by atoms with Gasteiger partial charge in [-0.1, -0.05) is 30.9 Å². The van der Waals surface area contributed by atoms with Crippen LogP contribution in [0.2, 0.25) is 0 Å². The van der Waals surface area contributed by atoms with Crippen molar-refractivity contribution in [3.63, 3.8) is 0 Å². The fourth-order valence-electron chi connectivity index (χ4n) is 2.68. The van der Waals surface area contributed by atoms with E-state index in [1.807, 2.05) is 0 Å². The van der Waals surface area contributed by atoms with Crippen LogP contribution in [0.3, 0.4) is 0 Å². The Bertz CT molecular complexity index is 886. The molecular formula is C20H25FN4O6. The van der Waals surface area contributed by atoms with Gasteiger partial charge in [0.1, 0.15) is 11.7 Å². The van der Waals surface area contributed by atoms with Gasteiger partial charge >= 0.3 is 5.97 Å². The number of aromatic nitrogens is 4. The highest BCUT2D eigenvalue weighted by Crippen LogP contribution is 2.24. The lowest BCUT2D eigenvalue weighted by molar-refractivity contribution is -0.142. The van der Waals surface area contributed by atoms with Gasteiger partial charge in [-0.15, -0.1) is 15.0 Å². The van der Waals surface area contributed by atoms with Crippen molar-refractivity contribution in [1.82, 2.24) is 20.2 Å². The molecule has 0 radical (unpaired) electrons. The first-order valence-electron chi connectivity index (χ1n) is 9.38. The summed E-state index contributed by atoms with van der Waals surface area (Å²) in [4.78, 5) is 12.8. The predicted octanol–water partition coefficient (Wildman–Crippen LogP) is 0.982. The monoisotopic (exact) mass is 436 g/mol. The van der Waals surface area contributed by atoms with E-state index in [9.17, 15) is 24.5 Å². The van der Waals surface area contributed by atoms with Crippen molar-refractivity contribution in [2.45, 2.75) is 31.3 Å². The lowest BCUT2D eigenvalue weighted by Crippen LogP contribution is -2.29. The molecule has 3 unspecified atom stereocenters. The molecule has 0 aliphatic heterocycles. The zero-order valence-corrected chi connectivity index (χ0v) is 17.0. The van der Waals surface area contributed by atoms with E-state index < -0.39 is 29.9 Å². The smallest absolute Gasteiger partial charge is 0.313 e. The number of carboxylic acid groups (broad SMARTS) is 1. The van der Waals surface area contributed by atoms with Crippen molar-refractivity contribution in [3.05, 3.63) is 60.2 Å². The number of methoxy groups -OCH3 is 1. The Labute approximate surface area is 178 Å². The molecule has 2 aromatic rings. The van der Waals surface area contributed by atoms with Gasteiger partial charge in [0.25, 0.3) is 0 Å². The van der Waals surface area contributed by atoms with Crippen LogP contribution in [0.25, 0.3) is 5.57 Å². The second-order valence-electron chi connectivity index (χ2n) is 6.64. The van der Waals surface area contributed by atoms with Gasteiger partial charge in [0.05, 0.1) is 25.4 Å². The van der Waals surface area contributed by atoms with E-state index in [0.717, 1.165) is 12.1 Å². The van der Waals surface area contributed by atoms with Crippen molar-refractivity contribution in [3.8, 4) is 0 Å². The Morgan fingerprint density at radius 1 is 1.29 bits per heavy atom. The molecule has 0 aliphatic carbocycles. The largest absolute Gasteiger partial charge is 0.481 e. The molecule has 2 rings (SSSR count). The number of hydrogen-bond donors (Lipinski definition) is 3. The molecule has 31 heavy (non-hydrogen) atoms. The summed E-state index contributed by atoms with van der Waals surface area (Å²) in [5.41, 5.74) is 0.584. The summed E-state index contributed by atoms with van der Waals surface area (Å²) in [5, 5.41) is 41.7. The lowest BCUT2D eigenvalue weighted by atomic mass is 9.90. The molecule has 168 valence electrons. The van der Waals surface area contributed by atoms with E-state index in [0.29, 0.717) is 18.8 Å². The normalized spacial score (nSPS) is 14.5. The molecule has 1 aromatic heterocycles. The van der Waals surface area contributed by atoms with Crippen LogP contribution in [-0.4, -0.2) is 74.0 Å². The number of aliphatic hydroxyl groups excluding tert-OH is 2. The van der Waals surface area contributed by atoms with E-state index in [4.69, 9.17) is 9.47 Å². The van der Waals surface area contributed by atoms with E-state index in [-0.39, 0.29) is 24.5 Å². The minimum absolute atomic E-state index is 0.0855. The highest BCUT2D eigenvalue weighted by molar-refractivity contribution is 5.76. The zero-order valence-electron chi connectivity index (χ0n) is 17.0. The van der Waals surface area contributed by atoms with Crippen molar-refractivity contribution in [2.75, 3.05) is 20.3 Å². The quantitative estimate of drug-likeness (QED) is 0.310. The number of ether oxygens (including phenoxy) is 2. The van der Waals surface area contributed by atoms with Gasteiger partial charge in [-0.3, -0.25) is 4.79 Å². The third-order valence-corrected chi connectivity index (χ3v) is 4.26. The van der Waals surface area contributed by atoms with Crippen molar-refractivity contribution < 1.29 is 34.0 Å². The maximum atomic E-state index is 13.1. The Hall–Kier alpha value is -2.99. The van der Waals surface area contributed by atoms with Gasteiger partial charge in [0, 0.05) is 19.1 Å². The van der Waals surface area contributed by atoms with Crippen LogP contribution < -0.4 is 0 Å². The molecule has 0 aliphatic rings. The number of hydrogen-bond acceptors (Lipinski definition) is 8. The molecule has 0 amide bonds. The number of tetrazole rings is 1. The molecule has 0 fully saturated rings. The second kappa shape index (κ2) is 12.0. The van der Waals surface area contributed by atoms with Gasteiger partial charge in [-0.25, -0.2) is 4.39 Å². The Morgan fingerprint density at radius 3 is 2.65 bits per heavy atom. The first kappa shape index (κ1) is 24.3. The molecule has 10 nitrogen and oxygen atoms in total. The summed E-state index contributed by atoms with van der Waals surface area (Å²) < 4.78 is 23.2. The summed E-state index contributed by atoms with van der Waals surface area (Å²) >= 11 is 0. The number of rotatable bonds is 13. The van der Waals surface area contributed by atoms with E-state index in [2.05, 4.69) is 22.0 Å². The van der Waals surface area contributed by atoms with Crippen LogP contribution in [0.1, 0.15) is 23.7 Å². The summed E-state index contributed by atoms with van der Waals surface area (Å²) in [6, 6.07) is 4.80. The van der Waals surface area contributed by atoms with Crippen molar-refractivity contribution in [2.24, 2.45) is 0 Å². The van der Waals surface area contributed by atoms with Crippen LogP contribution in [0.15, 0.2) is 43.0 Å². The number of benzene rings is 1. The van der Waals surface area contributed by atoms with Crippen molar-refractivity contribution >= 4 is 11.5 Å². The number of carboxylic acids is 1. The molecule has 0 spiro atoms. The van der Waals surface area contributed by atoms with Crippen molar-refractivity contribution in [1.29, 1.82) is 0 Å². The van der Waals surface area contributed by atoms with Gasteiger partial charge < -0.3 is 24.8 Å². The maximum absolute atomic E-state index is 13.1. The minimum Gasteiger partial charge on any atom is -0.481 e. The van der Waals surface area contributed by atoms with Crippen LogP contribution >= 0.6 is 0 Å². The van der Waals surface area contributed by atoms with Crippen LogP contribution in [-0.2, 0) is 21.0 Å². The number of aliphatic carboxylic acids is 1. The lowest BCUT2D eigenvalue weighted by Gasteiger charge is -2.21. The molecule has 0 saturated carbocycles. The average Bonchev–Trinajstić information content (AvgIpc) is 3.20. The Balaban J connectivity index is 1.92. The Morgan fingerprint density at radius 2 is 2.00 bits per heavy atom. The predicted molar refractivity (Wildman–Crippen MR) is 107 cm³/mol. The molecule has 1 heterocycles. The highest BCUT2D eigenvalue weighted by Gasteiger charge is 2.29. The number of allylic oxidation sites excluding steroid dienone is 2. The fraction of sp³-hybridized carbons (Fsp3) is 0.400. The molecule has 3 N–H and O–H groups in total. The summed E-state index contributed by atoms with van der Waals surface area (Å²) in [5.74, 6) is -2.90. The number of nitrogens with zero attached hydrogens (tertiary/aromatic N) is 4. The summed E-state index contributed by atoms with van der Waals surface area (Å²) in [6.45, 7) is 4.68. The van der Waals surface area contributed by atoms with E-state index in [1.165, 1.54) is 29.1 Å². The topological polar surface area (TPSA) is 140 Å². The molecule has 11 heteroatoms. The third-order valence-electron chi connectivity index (χ3n) is 4.26. The molecular weight excluding hydrogens is 411 g/mol. The highest BCUT2D eigenvalue weighted by atomic mass is 19.1. The van der Waals surface area contributed by atoms with Crippen LogP contribution in [0, 0.1) is 5.82 Å². The van der Waals surface area contributed by atoms with Gasteiger partial charge in [-0.2, -0.15) is 0 Å². The third kappa shape index (κ3) is 7.64. The van der Waals surface area contributed by atoms with Gasteiger partial charge in [-0.05, 0) is 22.9 Å². The van der Waals surface area contributed by atoms with E-state index >= 15 is 0 Å². The van der Waals surface area contributed by atoms with Gasteiger partial charge in [0.2, 0.25) is 5.82 Å². The van der Waals surface area contributed by atoms with Gasteiger partial charge in [0.15, 0.2) is 6.73 Å². The molecule has 0 bridgehead atoms. The first-order chi connectivity index (χ1) is 14.8. The Kier molecular flexibility index (Phi) is 9.40. The number of halogens is 1. The number of aliphatic hydroxyl groups is 2. The minimum atomic E-state index is -1.40. The van der Waals surface area contributed by atoms with E-state index in [1.54, 1.807) is 7.11 Å². The maximum Gasteiger partial charge on any atom is 0.313 e. The number of carbonyl (C=O) groups is 1.